The van der Waals surface area contributed by atoms with Gasteiger partial charge < -0.3 is 9.80 Å². The van der Waals surface area contributed by atoms with Crippen molar-refractivity contribution in [3.8, 4) is 0 Å². The maximum Gasteiger partial charge on any atom is 0.0966 e. The SMILES string of the molecule is C=CC[N+](C)(C)CCCNC(C)(C)C. The third kappa shape index (κ3) is 8.27. The maximum atomic E-state index is 3.78. The van der Waals surface area contributed by atoms with Gasteiger partial charge in [0.05, 0.1) is 27.2 Å². The Hall–Kier alpha value is -0.340. The lowest BCUT2D eigenvalue weighted by Gasteiger charge is -2.29. The highest BCUT2D eigenvalue weighted by Gasteiger charge is 2.13. The van der Waals surface area contributed by atoms with Gasteiger partial charge in [0, 0.05) is 18.5 Å². The molecule has 0 aromatic heterocycles. The molecule has 0 spiro atoms. The first-order valence-electron chi connectivity index (χ1n) is 5.45. The van der Waals surface area contributed by atoms with Crippen LogP contribution in [0.3, 0.4) is 0 Å². The summed E-state index contributed by atoms with van der Waals surface area (Å²) in [6.45, 7) is 13.8. The smallest absolute Gasteiger partial charge is 0.0966 e. The Balaban J connectivity index is 3.58. The van der Waals surface area contributed by atoms with Crippen LogP contribution in [0.1, 0.15) is 27.2 Å². The van der Waals surface area contributed by atoms with Crippen LogP contribution < -0.4 is 5.32 Å². The predicted octanol–water partition coefficient (Wildman–Crippen LogP) is 2.03. The van der Waals surface area contributed by atoms with Crippen molar-refractivity contribution in [1.82, 2.24) is 5.32 Å². The third-order valence-corrected chi connectivity index (χ3v) is 2.22. The summed E-state index contributed by atoms with van der Waals surface area (Å²) in [5.74, 6) is 0. The molecule has 0 aromatic carbocycles. The zero-order chi connectivity index (χ0) is 11.2. The Bertz CT molecular complexity index is 166. The molecule has 1 N–H and O–H groups in total. The van der Waals surface area contributed by atoms with Gasteiger partial charge in [0.1, 0.15) is 0 Å². The maximum absolute atomic E-state index is 3.78. The average Bonchev–Trinajstić information content (AvgIpc) is 1.96. The molecule has 0 aliphatic carbocycles. The quantitative estimate of drug-likeness (QED) is 0.392. The lowest BCUT2D eigenvalue weighted by atomic mass is 10.1. The van der Waals surface area contributed by atoms with Crippen LogP contribution in [0.15, 0.2) is 12.7 Å². The molecule has 0 radical (unpaired) electrons. The van der Waals surface area contributed by atoms with E-state index in [4.69, 9.17) is 0 Å². The van der Waals surface area contributed by atoms with Crippen LogP contribution in [0.2, 0.25) is 0 Å². The van der Waals surface area contributed by atoms with Gasteiger partial charge >= 0.3 is 0 Å². The standard InChI is InChI=1S/C12H27N2/c1-7-10-14(5,6)11-8-9-13-12(2,3)4/h7,13H,1,8-11H2,2-6H3/q+1. The van der Waals surface area contributed by atoms with Crippen molar-refractivity contribution in [2.24, 2.45) is 0 Å². The number of hydrogen-bond donors (Lipinski definition) is 1. The second-order valence-corrected chi connectivity index (χ2v) is 5.66. The molecule has 0 aliphatic rings. The number of nitrogens with one attached hydrogen (secondary N) is 1. The number of hydrogen-bond acceptors (Lipinski definition) is 1. The fraction of sp³-hybridized carbons (Fsp3) is 0.833. The Morgan fingerprint density at radius 2 is 1.86 bits per heavy atom. The first-order valence-corrected chi connectivity index (χ1v) is 5.45. The molecule has 0 fully saturated rings. The van der Waals surface area contributed by atoms with Crippen molar-refractivity contribution in [3.63, 3.8) is 0 Å². The third-order valence-electron chi connectivity index (χ3n) is 2.22. The van der Waals surface area contributed by atoms with Crippen molar-refractivity contribution < 1.29 is 4.48 Å². The molecule has 2 nitrogen and oxygen atoms in total. The van der Waals surface area contributed by atoms with Gasteiger partial charge in [0.25, 0.3) is 0 Å². The highest BCUT2D eigenvalue weighted by Crippen LogP contribution is 2.01. The second kappa shape index (κ2) is 5.52. The molecule has 0 unspecified atom stereocenters. The van der Waals surface area contributed by atoms with Gasteiger partial charge in [0.2, 0.25) is 0 Å². The lowest BCUT2D eigenvalue weighted by Crippen LogP contribution is -2.43. The molecule has 0 rings (SSSR count). The highest BCUT2D eigenvalue weighted by molar-refractivity contribution is 4.70. The molecule has 14 heavy (non-hydrogen) atoms. The van der Waals surface area contributed by atoms with Gasteiger partial charge in [-0.05, 0) is 26.8 Å². The van der Waals surface area contributed by atoms with E-state index in [1.54, 1.807) is 0 Å². The van der Waals surface area contributed by atoms with E-state index >= 15 is 0 Å². The molecule has 0 atom stereocenters. The minimum atomic E-state index is 0.246. The van der Waals surface area contributed by atoms with E-state index < -0.39 is 0 Å². The van der Waals surface area contributed by atoms with Crippen LogP contribution in [-0.2, 0) is 0 Å². The normalized spacial score (nSPS) is 12.9. The molecule has 0 heterocycles. The van der Waals surface area contributed by atoms with E-state index in [1.165, 1.54) is 13.0 Å². The molecule has 0 saturated heterocycles. The van der Waals surface area contributed by atoms with E-state index in [9.17, 15) is 0 Å². The highest BCUT2D eigenvalue weighted by atomic mass is 15.3. The average molecular weight is 199 g/mol. The monoisotopic (exact) mass is 199 g/mol. The van der Waals surface area contributed by atoms with Crippen LogP contribution in [0, 0.1) is 0 Å². The lowest BCUT2D eigenvalue weighted by molar-refractivity contribution is -0.884. The summed E-state index contributed by atoms with van der Waals surface area (Å²) in [6, 6.07) is 0. The van der Waals surface area contributed by atoms with E-state index in [1.807, 2.05) is 6.08 Å². The summed E-state index contributed by atoms with van der Waals surface area (Å²) >= 11 is 0. The summed E-state index contributed by atoms with van der Waals surface area (Å²) in [6.07, 6.45) is 3.22. The van der Waals surface area contributed by atoms with Crippen molar-refractivity contribution in [1.29, 1.82) is 0 Å². The van der Waals surface area contributed by atoms with Crippen molar-refractivity contribution >= 4 is 0 Å². The van der Waals surface area contributed by atoms with Crippen LogP contribution in [0.25, 0.3) is 0 Å². The van der Waals surface area contributed by atoms with Crippen molar-refractivity contribution in [3.05, 3.63) is 12.7 Å². The van der Waals surface area contributed by atoms with Gasteiger partial charge in [-0.2, -0.15) is 0 Å². The Labute approximate surface area is 89.6 Å². The Kier molecular flexibility index (Phi) is 5.38. The van der Waals surface area contributed by atoms with Gasteiger partial charge in [-0.25, -0.2) is 0 Å². The first kappa shape index (κ1) is 13.7. The molecule has 0 amide bonds. The van der Waals surface area contributed by atoms with Gasteiger partial charge in [-0.15, -0.1) is 0 Å². The first-order chi connectivity index (χ1) is 6.27. The summed E-state index contributed by atoms with van der Waals surface area (Å²) in [5.41, 5.74) is 0.246. The van der Waals surface area contributed by atoms with Crippen molar-refractivity contribution in [2.45, 2.75) is 32.7 Å². The number of quaternary nitrogens is 1. The van der Waals surface area contributed by atoms with E-state index in [0.29, 0.717) is 0 Å². The van der Waals surface area contributed by atoms with E-state index in [-0.39, 0.29) is 5.54 Å². The van der Waals surface area contributed by atoms with Crippen LogP contribution in [-0.4, -0.2) is 43.8 Å². The van der Waals surface area contributed by atoms with Crippen molar-refractivity contribution in [2.75, 3.05) is 33.7 Å². The van der Waals surface area contributed by atoms with Gasteiger partial charge in [0.15, 0.2) is 0 Å². The molecular formula is C12H27N2+. The largest absolute Gasteiger partial charge is 0.325 e. The molecule has 0 aliphatic heterocycles. The molecular weight excluding hydrogens is 172 g/mol. The summed E-state index contributed by atoms with van der Waals surface area (Å²) in [4.78, 5) is 0. The molecule has 0 bridgehead atoms. The summed E-state index contributed by atoms with van der Waals surface area (Å²) in [7, 11) is 4.50. The molecule has 0 saturated carbocycles. The predicted molar refractivity (Wildman–Crippen MR) is 64.4 cm³/mol. The number of rotatable bonds is 6. The van der Waals surface area contributed by atoms with Crippen LogP contribution >= 0.6 is 0 Å². The fourth-order valence-electron chi connectivity index (χ4n) is 1.41. The number of likely N-dealkylation sites (N-methyl/N-ethyl adjacent to an activating group) is 1. The zero-order valence-corrected chi connectivity index (χ0v) is 10.6. The van der Waals surface area contributed by atoms with E-state index in [2.05, 4.69) is 46.8 Å². The molecule has 2 heteroatoms. The minimum absolute atomic E-state index is 0.246. The molecule has 0 aromatic rings. The Morgan fingerprint density at radius 1 is 1.29 bits per heavy atom. The van der Waals surface area contributed by atoms with Gasteiger partial charge in [-0.3, -0.25) is 0 Å². The topological polar surface area (TPSA) is 12.0 Å². The summed E-state index contributed by atoms with van der Waals surface area (Å²) in [5, 5.41) is 3.50. The summed E-state index contributed by atoms with van der Waals surface area (Å²) < 4.78 is 1.04. The van der Waals surface area contributed by atoms with Crippen LogP contribution in [0.4, 0.5) is 0 Å². The Morgan fingerprint density at radius 3 is 2.29 bits per heavy atom. The van der Waals surface area contributed by atoms with Crippen LogP contribution in [0.5, 0.6) is 0 Å². The molecule has 84 valence electrons. The van der Waals surface area contributed by atoms with E-state index in [0.717, 1.165) is 17.6 Å². The number of nitrogens with zero attached hydrogens (tertiary/aromatic N) is 1. The minimum Gasteiger partial charge on any atom is -0.325 e. The zero-order valence-electron chi connectivity index (χ0n) is 10.6. The fourth-order valence-corrected chi connectivity index (χ4v) is 1.41. The van der Waals surface area contributed by atoms with Gasteiger partial charge in [-0.1, -0.05) is 6.58 Å². The second-order valence-electron chi connectivity index (χ2n) is 5.66.